The SMILES string of the molecule is C=C([C]=O)C(F)(F)F. The number of rotatable bonds is 1. The van der Waals surface area contributed by atoms with Gasteiger partial charge in [-0.05, 0) is 0 Å². The Labute approximate surface area is 43.8 Å². The lowest BCUT2D eigenvalue weighted by Crippen LogP contribution is -2.10. The van der Waals surface area contributed by atoms with Crippen molar-refractivity contribution >= 4 is 6.29 Å². The van der Waals surface area contributed by atoms with Crippen molar-refractivity contribution in [2.24, 2.45) is 0 Å². The van der Waals surface area contributed by atoms with Crippen LogP contribution in [0.5, 0.6) is 0 Å². The molecule has 0 aliphatic heterocycles. The van der Waals surface area contributed by atoms with Gasteiger partial charge in [-0.3, -0.25) is 4.79 Å². The molecule has 1 radical (unpaired) electrons. The van der Waals surface area contributed by atoms with Crippen LogP contribution in [0.1, 0.15) is 0 Å². The summed E-state index contributed by atoms with van der Waals surface area (Å²) in [6, 6.07) is 0. The molecule has 0 N–H and O–H groups in total. The quantitative estimate of drug-likeness (QED) is 0.479. The predicted molar refractivity (Wildman–Crippen MR) is 20.9 cm³/mol. The van der Waals surface area contributed by atoms with E-state index in [2.05, 4.69) is 6.58 Å². The first-order valence-corrected chi connectivity index (χ1v) is 1.62. The van der Waals surface area contributed by atoms with Crippen LogP contribution < -0.4 is 0 Å². The van der Waals surface area contributed by atoms with Gasteiger partial charge in [0.05, 0.1) is 5.57 Å². The molecule has 0 saturated heterocycles. The maximum atomic E-state index is 11.1. The van der Waals surface area contributed by atoms with Gasteiger partial charge in [-0.2, -0.15) is 13.2 Å². The Hall–Kier alpha value is -0.800. The molecule has 45 valence electrons. The fourth-order valence-corrected chi connectivity index (χ4v) is 0.0579. The van der Waals surface area contributed by atoms with E-state index >= 15 is 0 Å². The van der Waals surface area contributed by atoms with Crippen molar-refractivity contribution in [3.63, 3.8) is 0 Å². The average Bonchev–Trinajstić information content (AvgIpc) is 1.62. The van der Waals surface area contributed by atoms with Gasteiger partial charge in [-0.25, -0.2) is 0 Å². The summed E-state index contributed by atoms with van der Waals surface area (Å²) < 4.78 is 33.3. The predicted octanol–water partition coefficient (Wildman–Crippen LogP) is 1.21. The van der Waals surface area contributed by atoms with E-state index in [1.54, 1.807) is 0 Å². The summed E-state index contributed by atoms with van der Waals surface area (Å²) in [5, 5.41) is 0. The molecular formula is C4H2F3O. The Morgan fingerprint density at radius 1 is 1.50 bits per heavy atom. The largest absolute Gasteiger partial charge is 0.419 e. The van der Waals surface area contributed by atoms with Crippen LogP contribution in [-0.4, -0.2) is 12.5 Å². The zero-order chi connectivity index (χ0) is 6.78. The zero-order valence-electron chi connectivity index (χ0n) is 3.75. The zero-order valence-corrected chi connectivity index (χ0v) is 3.75. The Morgan fingerprint density at radius 3 is 1.88 bits per heavy atom. The van der Waals surface area contributed by atoms with Crippen molar-refractivity contribution in [3.05, 3.63) is 12.2 Å². The molecule has 0 bridgehead atoms. The molecule has 0 amide bonds. The number of carbonyl (C=O) groups excluding carboxylic acids is 1. The van der Waals surface area contributed by atoms with Crippen molar-refractivity contribution in [2.45, 2.75) is 6.18 Å². The van der Waals surface area contributed by atoms with Gasteiger partial charge in [0, 0.05) is 0 Å². The molecule has 0 aromatic heterocycles. The summed E-state index contributed by atoms with van der Waals surface area (Å²) in [6.07, 6.45) is -3.97. The Morgan fingerprint density at radius 2 is 1.88 bits per heavy atom. The monoisotopic (exact) mass is 123 g/mol. The summed E-state index contributed by atoms with van der Waals surface area (Å²) in [7, 11) is 0. The standard InChI is InChI=1S/C4H2F3O/c1-3(2-8)4(5,6)7/h1H2. The smallest absolute Gasteiger partial charge is 0.285 e. The summed E-state index contributed by atoms with van der Waals surface area (Å²) >= 11 is 0. The van der Waals surface area contributed by atoms with Crippen LogP contribution in [-0.2, 0) is 4.79 Å². The van der Waals surface area contributed by atoms with E-state index in [-0.39, 0.29) is 0 Å². The second kappa shape index (κ2) is 1.98. The molecule has 0 aliphatic carbocycles. The van der Waals surface area contributed by atoms with Crippen LogP contribution in [0.2, 0.25) is 0 Å². The molecule has 0 fully saturated rings. The van der Waals surface area contributed by atoms with Gasteiger partial charge in [0.25, 0.3) is 0 Å². The topological polar surface area (TPSA) is 17.1 Å². The van der Waals surface area contributed by atoms with Crippen molar-refractivity contribution in [1.29, 1.82) is 0 Å². The van der Waals surface area contributed by atoms with Gasteiger partial charge < -0.3 is 0 Å². The second-order valence-corrected chi connectivity index (χ2v) is 1.08. The summed E-state index contributed by atoms with van der Waals surface area (Å²) in [5.41, 5.74) is -1.47. The first-order valence-electron chi connectivity index (χ1n) is 1.62. The highest BCUT2D eigenvalue weighted by Gasteiger charge is 2.31. The molecular weight excluding hydrogens is 121 g/mol. The maximum Gasteiger partial charge on any atom is 0.419 e. The van der Waals surface area contributed by atoms with Crippen LogP contribution in [0.3, 0.4) is 0 Å². The minimum absolute atomic E-state index is 0.635. The third kappa shape index (κ3) is 1.77. The molecule has 4 heteroatoms. The normalized spacial score (nSPS) is 10.9. The lowest BCUT2D eigenvalue weighted by Gasteiger charge is -1.99. The van der Waals surface area contributed by atoms with Crippen molar-refractivity contribution in [3.8, 4) is 0 Å². The maximum absolute atomic E-state index is 11.1. The van der Waals surface area contributed by atoms with Gasteiger partial charge >= 0.3 is 6.18 Å². The van der Waals surface area contributed by atoms with Gasteiger partial charge in [-0.15, -0.1) is 0 Å². The Bertz CT molecular complexity index is 113. The molecule has 0 heterocycles. The molecule has 0 aromatic carbocycles. The molecule has 0 aromatic rings. The third-order valence-corrected chi connectivity index (χ3v) is 0.465. The van der Waals surface area contributed by atoms with Crippen LogP contribution >= 0.6 is 0 Å². The minimum atomic E-state index is -4.61. The van der Waals surface area contributed by atoms with Crippen molar-refractivity contribution in [1.82, 2.24) is 0 Å². The highest BCUT2D eigenvalue weighted by Crippen LogP contribution is 2.21. The third-order valence-electron chi connectivity index (χ3n) is 0.465. The van der Waals surface area contributed by atoms with Gasteiger partial charge in [0.15, 0.2) is 0 Å². The fraction of sp³-hybridized carbons (Fsp3) is 0.250. The van der Waals surface area contributed by atoms with E-state index in [0.717, 1.165) is 0 Å². The highest BCUT2D eigenvalue weighted by atomic mass is 19.4. The molecule has 0 aliphatic rings. The van der Waals surface area contributed by atoms with Crippen molar-refractivity contribution < 1.29 is 18.0 Å². The van der Waals surface area contributed by atoms with E-state index < -0.39 is 11.7 Å². The van der Waals surface area contributed by atoms with Gasteiger partial charge in [0.2, 0.25) is 6.29 Å². The van der Waals surface area contributed by atoms with Crippen LogP contribution in [0.25, 0.3) is 0 Å². The summed E-state index contributed by atoms with van der Waals surface area (Å²) in [4.78, 5) is 9.21. The first kappa shape index (κ1) is 7.20. The highest BCUT2D eigenvalue weighted by molar-refractivity contribution is 5.74. The van der Waals surface area contributed by atoms with Crippen molar-refractivity contribution in [2.75, 3.05) is 0 Å². The Kier molecular flexibility index (Phi) is 1.78. The lowest BCUT2D eigenvalue weighted by molar-refractivity contribution is -0.0857. The average molecular weight is 123 g/mol. The minimum Gasteiger partial charge on any atom is -0.285 e. The van der Waals surface area contributed by atoms with Crippen LogP contribution in [0, 0.1) is 0 Å². The molecule has 8 heavy (non-hydrogen) atoms. The number of halogens is 3. The molecule has 0 spiro atoms. The van der Waals surface area contributed by atoms with Crippen LogP contribution in [0.4, 0.5) is 13.2 Å². The fourth-order valence-electron chi connectivity index (χ4n) is 0.0579. The number of allylic oxidation sites excluding steroid dienone is 1. The first-order chi connectivity index (χ1) is 3.48. The van der Waals surface area contributed by atoms with Gasteiger partial charge in [0.1, 0.15) is 0 Å². The van der Waals surface area contributed by atoms with E-state index in [9.17, 15) is 18.0 Å². The Balaban J connectivity index is 4.02. The second-order valence-electron chi connectivity index (χ2n) is 1.08. The molecule has 0 unspecified atom stereocenters. The summed E-state index contributed by atoms with van der Waals surface area (Å²) in [5.74, 6) is 0. The van der Waals surface area contributed by atoms with Gasteiger partial charge in [-0.1, -0.05) is 6.58 Å². The van der Waals surface area contributed by atoms with E-state index in [4.69, 9.17) is 0 Å². The number of hydrogen-bond acceptors (Lipinski definition) is 1. The number of alkyl halides is 3. The lowest BCUT2D eigenvalue weighted by atomic mass is 10.3. The van der Waals surface area contributed by atoms with E-state index in [1.165, 1.54) is 0 Å². The van der Waals surface area contributed by atoms with E-state index in [1.807, 2.05) is 0 Å². The van der Waals surface area contributed by atoms with Crippen LogP contribution in [0.15, 0.2) is 12.2 Å². The van der Waals surface area contributed by atoms with E-state index in [0.29, 0.717) is 6.29 Å². The number of hydrogen-bond donors (Lipinski definition) is 0. The summed E-state index contributed by atoms with van der Waals surface area (Å²) in [6.45, 7) is 2.40. The molecule has 0 rings (SSSR count). The molecule has 0 saturated carbocycles. The molecule has 0 atom stereocenters. The molecule has 1 nitrogen and oxygen atoms in total.